The van der Waals surface area contributed by atoms with Crippen LogP contribution in [0.2, 0.25) is 0 Å². The van der Waals surface area contributed by atoms with Gasteiger partial charge in [-0.15, -0.1) is 5.10 Å². The second-order valence-electron chi connectivity index (χ2n) is 4.88. The van der Waals surface area contributed by atoms with E-state index < -0.39 is 0 Å². The zero-order valence-electron chi connectivity index (χ0n) is 13.1. The summed E-state index contributed by atoms with van der Waals surface area (Å²) in [7, 11) is 0. The summed E-state index contributed by atoms with van der Waals surface area (Å²) in [4.78, 5) is 11.5. The van der Waals surface area contributed by atoms with E-state index in [1.807, 2.05) is 36.0 Å². The van der Waals surface area contributed by atoms with Gasteiger partial charge < -0.3 is 9.47 Å². The molecule has 0 saturated heterocycles. The van der Waals surface area contributed by atoms with Gasteiger partial charge in [0.05, 0.1) is 19.8 Å². The third-order valence-electron chi connectivity index (χ3n) is 3.17. The molecule has 5 nitrogen and oxygen atoms in total. The first-order chi connectivity index (χ1) is 10.7. The molecular weight excluding hydrogens is 280 g/mol. The van der Waals surface area contributed by atoms with Gasteiger partial charge in [0.2, 0.25) is 5.88 Å². The molecule has 0 N–H and O–H groups in total. The number of rotatable bonds is 8. The number of benzene rings is 1. The zero-order chi connectivity index (χ0) is 15.8. The molecule has 22 heavy (non-hydrogen) atoms. The first-order valence-electron chi connectivity index (χ1n) is 7.61. The van der Waals surface area contributed by atoms with Crippen LogP contribution < -0.4 is 4.74 Å². The molecule has 2 aromatic rings. The summed E-state index contributed by atoms with van der Waals surface area (Å²) in [6.45, 7) is 5.37. The molecule has 118 valence electrons. The van der Waals surface area contributed by atoms with Crippen LogP contribution in [0.4, 0.5) is 0 Å². The fraction of sp³-hybridized carbons (Fsp3) is 0.412. The highest BCUT2D eigenvalue weighted by Crippen LogP contribution is 2.19. The van der Waals surface area contributed by atoms with Gasteiger partial charge in [0.25, 0.3) is 0 Å². The van der Waals surface area contributed by atoms with Crippen molar-refractivity contribution in [2.45, 2.75) is 33.2 Å². The van der Waals surface area contributed by atoms with Gasteiger partial charge in [0.1, 0.15) is 0 Å². The van der Waals surface area contributed by atoms with E-state index in [-0.39, 0.29) is 5.97 Å². The number of esters is 1. The fourth-order valence-corrected chi connectivity index (χ4v) is 2.20. The van der Waals surface area contributed by atoms with E-state index in [1.54, 1.807) is 6.92 Å². The van der Waals surface area contributed by atoms with Crippen LogP contribution in [0, 0.1) is 0 Å². The fourth-order valence-electron chi connectivity index (χ4n) is 2.20. The van der Waals surface area contributed by atoms with Gasteiger partial charge in [0, 0.05) is 18.2 Å². The molecule has 0 aliphatic rings. The molecule has 0 spiro atoms. The first kappa shape index (κ1) is 16.1. The Morgan fingerprint density at radius 2 is 1.95 bits per heavy atom. The average Bonchev–Trinajstić information content (AvgIpc) is 2.89. The molecule has 0 aliphatic heterocycles. The molecule has 0 amide bonds. The van der Waals surface area contributed by atoms with Crippen LogP contribution in [0.5, 0.6) is 5.88 Å². The predicted octanol–water partition coefficient (Wildman–Crippen LogP) is 2.83. The van der Waals surface area contributed by atoms with Crippen LogP contribution in [0.25, 0.3) is 0 Å². The third kappa shape index (κ3) is 4.62. The molecule has 0 bridgehead atoms. The monoisotopic (exact) mass is 302 g/mol. The number of aromatic nitrogens is 2. The summed E-state index contributed by atoms with van der Waals surface area (Å²) in [5.41, 5.74) is 2.11. The number of nitrogens with zero attached hydrogens (tertiary/aromatic N) is 2. The van der Waals surface area contributed by atoms with E-state index in [1.165, 1.54) is 5.56 Å². The van der Waals surface area contributed by atoms with Gasteiger partial charge in [0.15, 0.2) is 0 Å². The summed E-state index contributed by atoms with van der Waals surface area (Å²) in [6.07, 6.45) is 2.85. The molecule has 1 heterocycles. The number of hydrogen-bond acceptors (Lipinski definition) is 4. The van der Waals surface area contributed by atoms with E-state index in [2.05, 4.69) is 17.2 Å². The lowest BCUT2D eigenvalue weighted by atomic mass is 10.2. The minimum Gasteiger partial charge on any atom is -0.477 e. The van der Waals surface area contributed by atoms with Crippen molar-refractivity contribution < 1.29 is 14.3 Å². The van der Waals surface area contributed by atoms with E-state index in [9.17, 15) is 4.79 Å². The maximum atomic E-state index is 11.5. The average molecular weight is 302 g/mol. The standard InChI is InChI=1S/C17H22N2O3/c1-3-21-16(20)11-10-15-13-19(18-17(15)22-4-2)12-14-8-6-5-7-9-14/h5-9,13H,3-4,10-12H2,1-2H3. The van der Waals surface area contributed by atoms with Gasteiger partial charge in [-0.1, -0.05) is 30.3 Å². The van der Waals surface area contributed by atoms with Crippen molar-refractivity contribution in [1.29, 1.82) is 0 Å². The molecular formula is C17H22N2O3. The molecule has 1 aromatic carbocycles. The Labute approximate surface area is 130 Å². The van der Waals surface area contributed by atoms with Gasteiger partial charge in [-0.3, -0.25) is 9.48 Å². The Hall–Kier alpha value is -2.30. The van der Waals surface area contributed by atoms with Crippen molar-refractivity contribution in [3.8, 4) is 5.88 Å². The SMILES string of the molecule is CCOC(=O)CCc1cn(Cc2ccccc2)nc1OCC. The number of hydrogen-bond donors (Lipinski definition) is 0. The molecule has 0 atom stereocenters. The van der Waals surface area contributed by atoms with Crippen molar-refractivity contribution in [3.05, 3.63) is 47.7 Å². The van der Waals surface area contributed by atoms with Crippen molar-refractivity contribution in [1.82, 2.24) is 9.78 Å². The molecule has 0 radical (unpaired) electrons. The van der Waals surface area contributed by atoms with Crippen LogP contribution in [0.15, 0.2) is 36.5 Å². The maximum Gasteiger partial charge on any atom is 0.306 e. The summed E-state index contributed by atoms with van der Waals surface area (Å²) in [5, 5.41) is 4.46. The lowest BCUT2D eigenvalue weighted by Crippen LogP contribution is -2.05. The zero-order valence-corrected chi connectivity index (χ0v) is 13.1. The number of carbonyl (C=O) groups is 1. The Kier molecular flexibility index (Phi) is 6.01. The highest BCUT2D eigenvalue weighted by molar-refractivity contribution is 5.69. The van der Waals surface area contributed by atoms with Crippen LogP contribution in [-0.2, 0) is 22.5 Å². The first-order valence-corrected chi connectivity index (χ1v) is 7.61. The Bertz CT molecular complexity index is 593. The van der Waals surface area contributed by atoms with Crippen LogP contribution in [0.3, 0.4) is 0 Å². The summed E-state index contributed by atoms with van der Waals surface area (Å²) < 4.78 is 12.4. The number of ether oxygens (including phenoxy) is 2. The normalized spacial score (nSPS) is 10.5. The van der Waals surface area contributed by atoms with Crippen LogP contribution in [-0.4, -0.2) is 29.0 Å². The van der Waals surface area contributed by atoms with Gasteiger partial charge in [-0.2, -0.15) is 0 Å². The molecule has 1 aromatic heterocycles. The second-order valence-corrected chi connectivity index (χ2v) is 4.88. The summed E-state index contributed by atoms with van der Waals surface area (Å²) in [6, 6.07) is 10.1. The van der Waals surface area contributed by atoms with Crippen molar-refractivity contribution >= 4 is 5.97 Å². The molecule has 0 fully saturated rings. The van der Waals surface area contributed by atoms with E-state index >= 15 is 0 Å². The van der Waals surface area contributed by atoms with Gasteiger partial charge in [-0.25, -0.2) is 0 Å². The molecule has 0 unspecified atom stereocenters. The predicted molar refractivity (Wildman–Crippen MR) is 83.9 cm³/mol. The van der Waals surface area contributed by atoms with Crippen molar-refractivity contribution in [2.24, 2.45) is 0 Å². The Morgan fingerprint density at radius 1 is 1.18 bits per heavy atom. The topological polar surface area (TPSA) is 53.4 Å². The van der Waals surface area contributed by atoms with Crippen LogP contribution >= 0.6 is 0 Å². The third-order valence-corrected chi connectivity index (χ3v) is 3.17. The van der Waals surface area contributed by atoms with Crippen molar-refractivity contribution in [2.75, 3.05) is 13.2 Å². The highest BCUT2D eigenvalue weighted by Gasteiger charge is 2.12. The second kappa shape index (κ2) is 8.22. The maximum absolute atomic E-state index is 11.5. The number of carbonyl (C=O) groups excluding carboxylic acids is 1. The van der Waals surface area contributed by atoms with E-state index in [0.717, 1.165) is 5.56 Å². The summed E-state index contributed by atoms with van der Waals surface area (Å²) >= 11 is 0. The quantitative estimate of drug-likeness (QED) is 0.704. The summed E-state index contributed by atoms with van der Waals surface area (Å²) in [5.74, 6) is 0.406. The van der Waals surface area contributed by atoms with E-state index in [4.69, 9.17) is 9.47 Å². The van der Waals surface area contributed by atoms with Crippen molar-refractivity contribution in [3.63, 3.8) is 0 Å². The molecule has 5 heteroatoms. The minimum absolute atomic E-state index is 0.194. The molecule has 2 rings (SSSR count). The van der Waals surface area contributed by atoms with Gasteiger partial charge >= 0.3 is 5.97 Å². The Balaban J connectivity index is 2.06. The molecule has 0 saturated carbocycles. The smallest absolute Gasteiger partial charge is 0.306 e. The molecule has 0 aliphatic carbocycles. The highest BCUT2D eigenvalue weighted by atomic mass is 16.5. The lowest BCUT2D eigenvalue weighted by molar-refractivity contribution is -0.143. The van der Waals surface area contributed by atoms with Gasteiger partial charge in [-0.05, 0) is 25.8 Å². The Morgan fingerprint density at radius 3 is 2.64 bits per heavy atom. The van der Waals surface area contributed by atoms with E-state index in [0.29, 0.717) is 38.5 Å². The lowest BCUT2D eigenvalue weighted by Gasteiger charge is -2.02. The minimum atomic E-state index is -0.194. The largest absolute Gasteiger partial charge is 0.477 e. The number of aryl methyl sites for hydroxylation is 1. The van der Waals surface area contributed by atoms with Crippen LogP contribution in [0.1, 0.15) is 31.4 Å².